The van der Waals surface area contributed by atoms with E-state index in [0.717, 1.165) is 19.4 Å². The van der Waals surface area contributed by atoms with Crippen LogP contribution in [-0.2, 0) is 16.4 Å². The van der Waals surface area contributed by atoms with E-state index in [9.17, 15) is 22.8 Å². The van der Waals surface area contributed by atoms with E-state index < -0.39 is 20.9 Å². The molecule has 1 aromatic carbocycles. The molecular weight excluding hydrogens is 459 g/mol. The predicted molar refractivity (Wildman–Crippen MR) is 127 cm³/mol. The van der Waals surface area contributed by atoms with Crippen molar-refractivity contribution in [3.8, 4) is 0 Å². The molecule has 4 rings (SSSR count). The third-order valence-electron chi connectivity index (χ3n) is 6.87. The molecule has 184 valence electrons. The smallest absolute Gasteiger partial charge is 0.270 e. The molecule has 1 saturated heterocycles. The van der Waals surface area contributed by atoms with Crippen LogP contribution in [0.5, 0.6) is 0 Å². The molecule has 0 aliphatic carbocycles. The average molecular weight is 491 g/mol. The van der Waals surface area contributed by atoms with Gasteiger partial charge in [-0.05, 0) is 75.6 Å². The summed E-state index contributed by atoms with van der Waals surface area (Å²) in [5, 5.41) is 12.3. The second-order valence-electron chi connectivity index (χ2n) is 9.04. The van der Waals surface area contributed by atoms with Gasteiger partial charge in [0.1, 0.15) is 11.5 Å². The number of amides is 1. The van der Waals surface area contributed by atoms with Gasteiger partial charge >= 0.3 is 0 Å². The summed E-state index contributed by atoms with van der Waals surface area (Å²) in [4.78, 5) is 16.9. The summed E-state index contributed by atoms with van der Waals surface area (Å²) in [6.07, 6.45) is 5.32. The lowest BCUT2D eigenvalue weighted by Gasteiger charge is -2.31. The first kappa shape index (κ1) is 24.4. The molecule has 2 aliphatic rings. The van der Waals surface area contributed by atoms with E-state index >= 15 is 0 Å². The molecule has 0 atom stereocenters. The highest BCUT2D eigenvalue weighted by Gasteiger charge is 2.31. The summed E-state index contributed by atoms with van der Waals surface area (Å²) >= 11 is 0. The van der Waals surface area contributed by atoms with Gasteiger partial charge in [0.2, 0.25) is 0 Å². The number of hydrogen-bond acceptors (Lipinski definition) is 6. The van der Waals surface area contributed by atoms with Crippen LogP contribution in [0.2, 0.25) is 0 Å². The summed E-state index contributed by atoms with van der Waals surface area (Å²) in [7, 11) is -1.69. The second kappa shape index (κ2) is 10.3. The number of carbonyl (C=O) groups is 1. The molecular formula is C24H31FN4O4S. The fourth-order valence-corrected chi connectivity index (χ4v) is 6.53. The normalized spacial score (nSPS) is 19.4. The van der Waals surface area contributed by atoms with Crippen LogP contribution in [0.1, 0.15) is 48.2 Å². The van der Waals surface area contributed by atoms with E-state index in [1.54, 1.807) is 11.9 Å². The number of piperidine rings is 1. The van der Waals surface area contributed by atoms with Crippen molar-refractivity contribution in [3.63, 3.8) is 0 Å². The standard InChI is InChI=1S/C24H31FN4O4S/c1-27-14-11-22(26-31)21-10-17-29(23(21)24(27)30)13-3-2-12-28-15-8-20(9-16-28)34(32,33)19-6-4-18(25)5-7-19/h4-7,10,17,20,31H,2-3,8-9,11-16H2,1H3. The van der Waals surface area contributed by atoms with E-state index in [2.05, 4.69) is 10.1 Å². The lowest BCUT2D eigenvalue weighted by Crippen LogP contribution is -2.39. The van der Waals surface area contributed by atoms with E-state index in [0.29, 0.717) is 62.4 Å². The van der Waals surface area contributed by atoms with Crippen LogP contribution < -0.4 is 0 Å². The molecule has 1 fully saturated rings. The fraction of sp³-hybridized carbons (Fsp3) is 0.500. The summed E-state index contributed by atoms with van der Waals surface area (Å²) < 4.78 is 40.7. The second-order valence-corrected chi connectivity index (χ2v) is 11.3. The van der Waals surface area contributed by atoms with Crippen molar-refractivity contribution >= 4 is 21.5 Å². The highest BCUT2D eigenvalue weighted by molar-refractivity contribution is 7.92. The van der Waals surface area contributed by atoms with E-state index in [1.165, 1.54) is 24.3 Å². The van der Waals surface area contributed by atoms with Gasteiger partial charge in [-0.25, -0.2) is 12.8 Å². The maximum Gasteiger partial charge on any atom is 0.270 e. The average Bonchev–Trinajstić information content (AvgIpc) is 3.20. The van der Waals surface area contributed by atoms with Crippen molar-refractivity contribution in [2.45, 2.75) is 48.8 Å². The molecule has 2 aromatic rings. The van der Waals surface area contributed by atoms with Gasteiger partial charge in [0.25, 0.3) is 5.91 Å². The minimum atomic E-state index is -3.45. The number of benzene rings is 1. The largest absolute Gasteiger partial charge is 0.411 e. The maximum atomic E-state index is 13.1. The highest BCUT2D eigenvalue weighted by Crippen LogP contribution is 2.25. The minimum Gasteiger partial charge on any atom is -0.411 e. The number of hydrogen-bond donors (Lipinski definition) is 1. The van der Waals surface area contributed by atoms with Gasteiger partial charge in [-0.1, -0.05) is 5.16 Å². The van der Waals surface area contributed by atoms with Crippen molar-refractivity contribution in [3.05, 3.63) is 53.6 Å². The van der Waals surface area contributed by atoms with Gasteiger partial charge in [-0.15, -0.1) is 0 Å². The Kier molecular flexibility index (Phi) is 7.37. The Bertz CT molecular complexity index is 1150. The van der Waals surface area contributed by atoms with E-state index in [-0.39, 0.29) is 10.8 Å². The molecule has 3 heterocycles. The van der Waals surface area contributed by atoms with Crippen LogP contribution in [0.3, 0.4) is 0 Å². The topological polar surface area (TPSA) is 95.2 Å². The number of halogens is 1. The Hall–Kier alpha value is -2.72. The Morgan fingerprint density at radius 1 is 1.06 bits per heavy atom. The molecule has 2 aliphatic heterocycles. The first-order valence-corrected chi connectivity index (χ1v) is 13.2. The van der Waals surface area contributed by atoms with Crippen LogP contribution >= 0.6 is 0 Å². The molecule has 0 unspecified atom stereocenters. The molecule has 1 aromatic heterocycles. The molecule has 0 spiro atoms. The molecule has 1 N–H and O–H groups in total. The van der Waals surface area contributed by atoms with Crippen molar-refractivity contribution < 1.29 is 22.8 Å². The third-order valence-corrected chi connectivity index (χ3v) is 9.15. The van der Waals surface area contributed by atoms with Crippen molar-refractivity contribution in [2.24, 2.45) is 5.16 Å². The Morgan fingerprint density at radius 3 is 2.41 bits per heavy atom. The number of sulfone groups is 1. The zero-order chi connectivity index (χ0) is 24.3. The number of oxime groups is 1. The Labute approximate surface area is 199 Å². The van der Waals surface area contributed by atoms with Crippen molar-refractivity contribution in [1.29, 1.82) is 0 Å². The number of unbranched alkanes of at least 4 members (excludes halogenated alkanes) is 1. The molecule has 34 heavy (non-hydrogen) atoms. The van der Waals surface area contributed by atoms with Crippen LogP contribution in [0, 0.1) is 5.82 Å². The first-order valence-electron chi connectivity index (χ1n) is 11.7. The van der Waals surface area contributed by atoms with Gasteiger partial charge in [-0.3, -0.25) is 4.79 Å². The Morgan fingerprint density at radius 2 is 1.74 bits per heavy atom. The number of nitrogens with zero attached hydrogens (tertiary/aromatic N) is 4. The lowest BCUT2D eigenvalue weighted by atomic mass is 10.1. The number of fused-ring (bicyclic) bond motifs is 1. The maximum absolute atomic E-state index is 13.1. The molecule has 0 radical (unpaired) electrons. The predicted octanol–water partition coefficient (Wildman–Crippen LogP) is 3.00. The van der Waals surface area contributed by atoms with Crippen LogP contribution in [0.25, 0.3) is 0 Å². The zero-order valence-corrected chi connectivity index (χ0v) is 20.2. The fourth-order valence-electron chi connectivity index (χ4n) is 4.80. The van der Waals surface area contributed by atoms with Crippen LogP contribution in [-0.4, -0.2) is 78.1 Å². The van der Waals surface area contributed by atoms with Gasteiger partial charge in [0.15, 0.2) is 9.84 Å². The molecule has 0 saturated carbocycles. The van der Waals surface area contributed by atoms with Gasteiger partial charge in [-0.2, -0.15) is 0 Å². The molecule has 0 bridgehead atoms. The van der Waals surface area contributed by atoms with Gasteiger partial charge < -0.3 is 19.6 Å². The summed E-state index contributed by atoms with van der Waals surface area (Å²) in [5.74, 6) is -0.508. The summed E-state index contributed by atoms with van der Waals surface area (Å²) in [5.41, 5.74) is 1.80. The first-order chi connectivity index (χ1) is 16.3. The minimum absolute atomic E-state index is 0.0666. The Balaban J connectivity index is 1.27. The molecule has 10 heteroatoms. The van der Waals surface area contributed by atoms with E-state index in [1.807, 2.05) is 16.8 Å². The van der Waals surface area contributed by atoms with Crippen LogP contribution in [0.15, 0.2) is 46.6 Å². The number of carbonyl (C=O) groups excluding carboxylic acids is 1. The monoisotopic (exact) mass is 490 g/mol. The SMILES string of the molecule is CN1CCC(=NO)c2ccn(CCCCN3CCC(S(=O)(=O)c4ccc(F)cc4)CC3)c2C1=O. The van der Waals surface area contributed by atoms with Crippen molar-refractivity contribution in [2.75, 3.05) is 33.2 Å². The van der Waals surface area contributed by atoms with Crippen molar-refractivity contribution in [1.82, 2.24) is 14.4 Å². The molecule has 8 nitrogen and oxygen atoms in total. The highest BCUT2D eigenvalue weighted by atomic mass is 32.2. The van der Waals surface area contributed by atoms with Gasteiger partial charge in [0, 0.05) is 38.3 Å². The van der Waals surface area contributed by atoms with Crippen LogP contribution in [0.4, 0.5) is 4.39 Å². The summed E-state index contributed by atoms with van der Waals surface area (Å²) in [6, 6.07) is 6.91. The number of rotatable bonds is 7. The number of aryl methyl sites for hydroxylation is 1. The van der Waals surface area contributed by atoms with E-state index in [4.69, 9.17) is 0 Å². The zero-order valence-electron chi connectivity index (χ0n) is 19.4. The third kappa shape index (κ3) is 5.02. The van der Waals surface area contributed by atoms with Gasteiger partial charge in [0.05, 0.1) is 15.9 Å². The number of aromatic nitrogens is 1. The summed E-state index contributed by atoms with van der Waals surface area (Å²) in [6.45, 7) is 3.49. The number of likely N-dealkylation sites (tertiary alicyclic amines) is 1. The molecule has 1 amide bonds. The lowest BCUT2D eigenvalue weighted by molar-refractivity contribution is 0.0790. The quantitative estimate of drug-likeness (QED) is 0.279.